The van der Waals surface area contributed by atoms with Crippen LogP contribution in [-0.2, 0) is 4.74 Å². The molecule has 4 rings (SSSR count). The second-order valence-electron chi connectivity index (χ2n) is 5.93. The summed E-state index contributed by atoms with van der Waals surface area (Å²) >= 11 is 0. The molecule has 0 amide bonds. The zero-order chi connectivity index (χ0) is 18.6. The van der Waals surface area contributed by atoms with Crippen LogP contribution >= 0.6 is 0 Å². The van der Waals surface area contributed by atoms with E-state index in [0.29, 0.717) is 5.69 Å². The molecule has 0 N–H and O–H groups in total. The van der Waals surface area contributed by atoms with E-state index in [-0.39, 0.29) is 34.6 Å². The highest BCUT2D eigenvalue weighted by atomic mass is 19.2. The van der Waals surface area contributed by atoms with Gasteiger partial charge in [0, 0.05) is 6.20 Å². The molecule has 0 aliphatic carbocycles. The summed E-state index contributed by atoms with van der Waals surface area (Å²) in [5, 5.41) is -0.156. The van der Waals surface area contributed by atoms with Crippen molar-refractivity contribution in [1.82, 2.24) is 4.57 Å². The van der Waals surface area contributed by atoms with Gasteiger partial charge in [-0.2, -0.15) is 4.39 Å². The minimum Gasteiger partial charge on any atom is -0.462 e. The van der Waals surface area contributed by atoms with Gasteiger partial charge in [0.1, 0.15) is 11.1 Å². The highest BCUT2D eigenvalue weighted by Gasteiger charge is 2.28. The summed E-state index contributed by atoms with van der Waals surface area (Å²) in [4.78, 5) is 24.8. The summed E-state index contributed by atoms with van der Waals surface area (Å²) in [5.41, 5.74) is 0.474. The van der Waals surface area contributed by atoms with Crippen molar-refractivity contribution in [2.45, 2.75) is 13.8 Å². The second kappa shape index (κ2) is 5.66. The highest BCUT2D eigenvalue weighted by Crippen LogP contribution is 2.42. The maximum Gasteiger partial charge on any atom is 0.343 e. The Balaban J connectivity index is 2.18. The van der Waals surface area contributed by atoms with E-state index >= 15 is 0 Å². The van der Waals surface area contributed by atoms with Crippen LogP contribution in [0.5, 0.6) is 11.5 Å². The smallest absolute Gasteiger partial charge is 0.343 e. The lowest BCUT2D eigenvalue weighted by molar-refractivity contribution is 0.0524. The first-order valence-electron chi connectivity index (χ1n) is 7.95. The molecule has 0 spiro atoms. The molecule has 0 fully saturated rings. The Morgan fingerprint density at radius 3 is 2.77 bits per heavy atom. The van der Waals surface area contributed by atoms with E-state index in [2.05, 4.69) is 0 Å². The van der Waals surface area contributed by atoms with Gasteiger partial charge in [0.2, 0.25) is 11.2 Å². The number of carbonyl (C=O) groups is 1. The molecule has 3 aromatic rings. The molecule has 2 aromatic carbocycles. The predicted octanol–water partition coefficient (Wildman–Crippen LogP) is 3.86. The van der Waals surface area contributed by atoms with E-state index in [1.807, 2.05) is 6.92 Å². The summed E-state index contributed by atoms with van der Waals surface area (Å²) in [5.74, 6) is -3.35. The van der Waals surface area contributed by atoms with Crippen molar-refractivity contribution in [3.63, 3.8) is 0 Å². The summed E-state index contributed by atoms with van der Waals surface area (Å²) in [6.45, 7) is 3.55. The van der Waals surface area contributed by atoms with Crippen LogP contribution < -0.4 is 10.2 Å². The minimum absolute atomic E-state index is 0.0695. The van der Waals surface area contributed by atoms with E-state index in [4.69, 9.17) is 9.47 Å². The largest absolute Gasteiger partial charge is 0.462 e. The fourth-order valence-corrected chi connectivity index (χ4v) is 3.05. The molecule has 2 heterocycles. The van der Waals surface area contributed by atoms with Crippen molar-refractivity contribution in [3.05, 3.63) is 63.4 Å². The first-order chi connectivity index (χ1) is 12.4. The lowest BCUT2D eigenvalue weighted by Gasteiger charge is -2.24. The number of fused-ring (bicyclic) bond motifs is 2. The number of ether oxygens (including phenoxy) is 2. The third kappa shape index (κ3) is 2.20. The molecule has 132 valence electrons. The number of benzene rings is 2. The van der Waals surface area contributed by atoms with Crippen molar-refractivity contribution in [2.24, 2.45) is 0 Å². The number of aromatic nitrogens is 1. The molecule has 1 aromatic heterocycles. The van der Waals surface area contributed by atoms with Crippen LogP contribution in [0.4, 0.5) is 8.78 Å². The average molecular weight is 357 g/mol. The van der Waals surface area contributed by atoms with E-state index in [0.717, 1.165) is 11.6 Å². The number of pyridine rings is 1. The van der Waals surface area contributed by atoms with Crippen LogP contribution in [0.3, 0.4) is 0 Å². The molecule has 7 heteroatoms. The zero-order valence-corrected chi connectivity index (χ0v) is 13.9. The third-order valence-electron chi connectivity index (χ3n) is 4.22. The molecule has 0 unspecified atom stereocenters. The van der Waals surface area contributed by atoms with Crippen LogP contribution in [0.15, 0.2) is 35.3 Å². The number of hydrogen-bond acceptors (Lipinski definition) is 4. The molecular weight excluding hydrogens is 344 g/mol. The van der Waals surface area contributed by atoms with Gasteiger partial charge < -0.3 is 14.0 Å². The number of nitrogens with zero attached hydrogens (tertiary/aromatic N) is 1. The summed E-state index contributed by atoms with van der Waals surface area (Å²) in [7, 11) is 0. The van der Waals surface area contributed by atoms with E-state index in [9.17, 15) is 18.4 Å². The Hall–Kier alpha value is -3.22. The maximum absolute atomic E-state index is 14.3. The highest BCUT2D eigenvalue weighted by molar-refractivity contribution is 5.97. The number of hydrogen-bond donors (Lipinski definition) is 0. The normalized spacial score (nSPS) is 11.8. The van der Waals surface area contributed by atoms with Crippen molar-refractivity contribution < 1.29 is 23.0 Å². The van der Waals surface area contributed by atoms with Crippen LogP contribution in [0.1, 0.15) is 22.8 Å². The van der Waals surface area contributed by atoms with Gasteiger partial charge in [0.25, 0.3) is 0 Å². The van der Waals surface area contributed by atoms with Gasteiger partial charge in [-0.05, 0) is 37.6 Å². The summed E-state index contributed by atoms with van der Waals surface area (Å²) in [6, 6.07) is 5.91. The van der Waals surface area contributed by atoms with Gasteiger partial charge >= 0.3 is 5.97 Å². The molecule has 0 radical (unpaired) electrons. The van der Waals surface area contributed by atoms with Gasteiger partial charge in [-0.1, -0.05) is 6.07 Å². The van der Waals surface area contributed by atoms with Gasteiger partial charge in [-0.15, -0.1) is 0 Å². The molecule has 1 aliphatic rings. The Bertz CT molecular complexity index is 1150. The molecule has 0 bridgehead atoms. The maximum atomic E-state index is 14.3. The van der Waals surface area contributed by atoms with Gasteiger partial charge in [0.05, 0.1) is 17.7 Å². The minimum atomic E-state index is -1.23. The Morgan fingerprint density at radius 1 is 1.27 bits per heavy atom. The number of rotatable bonds is 2. The number of halogens is 2. The average Bonchev–Trinajstić information content (AvgIpc) is 2.61. The number of aryl methyl sites for hydroxylation is 1. The van der Waals surface area contributed by atoms with Gasteiger partial charge in [-0.25, -0.2) is 9.18 Å². The topological polar surface area (TPSA) is 57.5 Å². The Labute approximate surface area is 146 Å². The van der Waals surface area contributed by atoms with Gasteiger partial charge in [0.15, 0.2) is 17.3 Å². The molecule has 1 aliphatic heterocycles. The van der Waals surface area contributed by atoms with Crippen LogP contribution in [0.2, 0.25) is 0 Å². The zero-order valence-electron chi connectivity index (χ0n) is 13.9. The first-order valence-corrected chi connectivity index (χ1v) is 7.95. The van der Waals surface area contributed by atoms with Crippen molar-refractivity contribution in [2.75, 3.05) is 6.61 Å². The molecule has 0 saturated carbocycles. The van der Waals surface area contributed by atoms with Gasteiger partial charge in [-0.3, -0.25) is 4.79 Å². The lowest BCUT2D eigenvalue weighted by Crippen LogP contribution is -2.22. The summed E-state index contributed by atoms with van der Waals surface area (Å²) < 4.78 is 40.3. The fraction of sp³-hybridized carbons (Fsp3) is 0.158. The monoisotopic (exact) mass is 357 g/mol. The standard InChI is InChI=1S/C19H13F2NO4/c1-3-25-19(24)11-8-22-13-6-9(2)4-5-14(13)26-18-15(21)12(20)7-10(16(18)22)17(11)23/h4-8H,3H2,1-2H3. The molecular formula is C19H13F2NO4. The SMILES string of the molecule is CCOC(=O)c1cn2c3c(c(F)c(F)cc3c1=O)Oc1ccc(C)cc1-2. The molecule has 26 heavy (non-hydrogen) atoms. The Morgan fingerprint density at radius 2 is 2.04 bits per heavy atom. The van der Waals surface area contributed by atoms with Crippen LogP contribution in [-0.4, -0.2) is 17.1 Å². The number of esters is 1. The van der Waals surface area contributed by atoms with E-state index < -0.39 is 23.0 Å². The van der Waals surface area contributed by atoms with Crippen LogP contribution in [0, 0.1) is 18.6 Å². The van der Waals surface area contributed by atoms with Crippen molar-refractivity contribution in [1.29, 1.82) is 0 Å². The molecule has 0 saturated heterocycles. The van der Waals surface area contributed by atoms with Crippen molar-refractivity contribution in [3.8, 4) is 17.2 Å². The Kier molecular flexibility index (Phi) is 3.54. The number of carbonyl (C=O) groups excluding carboxylic acids is 1. The van der Waals surface area contributed by atoms with Crippen molar-refractivity contribution >= 4 is 16.9 Å². The van der Waals surface area contributed by atoms with Crippen LogP contribution in [0.25, 0.3) is 16.6 Å². The third-order valence-corrected chi connectivity index (χ3v) is 4.22. The van der Waals surface area contributed by atoms with E-state index in [1.54, 1.807) is 25.1 Å². The molecule has 5 nitrogen and oxygen atoms in total. The fourth-order valence-electron chi connectivity index (χ4n) is 3.05. The van der Waals surface area contributed by atoms with E-state index in [1.165, 1.54) is 10.8 Å². The molecule has 0 atom stereocenters. The predicted molar refractivity (Wildman–Crippen MR) is 90.2 cm³/mol. The first kappa shape index (κ1) is 16.3. The second-order valence-corrected chi connectivity index (χ2v) is 5.93. The quantitative estimate of drug-likeness (QED) is 0.511. The summed E-state index contributed by atoms with van der Waals surface area (Å²) in [6.07, 6.45) is 1.28. The lowest BCUT2D eigenvalue weighted by atomic mass is 10.1.